The Kier molecular flexibility index (Phi) is 6.64. The van der Waals surface area contributed by atoms with E-state index in [9.17, 15) is 4.79 Å². The Morgan fingerprint density at radius 3 is 2.70 bits per heavy atom. The highest BCUT2D eigenvalue weighted by molar-refractivity contribution is 8.01. The van der Waals surface area contributed by atoms with Crippen LogP contribution in [-0.2, 0) is 4.79 Å². The van der Waals surface area contributed by atoms with Gasteiger partial charge in [-0.2, -0.15) is 0 Å². The van der Waals surface area contributed by atoms with Crippen molar-refractivity contribution < 1.29 is 4.79 Å². The Morgan fingerprint density at radius 1 is 1.35 bits per heavy atom. The first kappa shape index (κ1) is 18.0. The number of aromatic nitrogens is 2. The summed E-state index contributed by atoms with van der Waals surface area (Å²) in [5.41, 5.74) is 0.557. The molecule has 0 unspecified atom stereocenters. The van der Waals surface area contributed by atoms with Gasteiger partial charge in [0.15, 0.2) is 4.34 Å². The molecule has 0 fully saturated rings. The van der Waals surface area contributed by atoms with Gasteiger partial charge in [-0.3, -0.25) is 4.79 Å². The SMILES string of the molecule is CN(C)/C=N/c1nnc(SCC(=O)Nc2cc(Cl)cc(Cl)c2)s1. The number of rotatable bonds is 6. The summed E-state index contributed by atoms with van der Waals surface area (Å²) in [6, 6.07) is 4.87. The largest absolute Gasteiger partial charge is 0.369 e. The molecule has 23 heavy (non-hydrogen) atoms. The first-order valence-electron chi connectivity index (χ1n) is 6.35. The van der Waals surface area contributed by atoms with Crippen LogP contribution in [0.4, 0.5) is 10.8 Å². The standard InChI is InChI=1S/C13H13Cl2N5OS2/c1-20(2)7-16-12-18-19-13(23-12)22-6-11(21)17-10-4-8(14)3-9(15)5-10/h3-5,7H,6H2,1-2H3,(H,17,21)/b16-7+. The molecular formula is C13H13Cl2N5OS2. The summed E-state index contributed by atoms with van der Waals surface area (Å²) in [5.74, 6) is 0.0257. The summed E-state index contributed by atoms with van der Waals surface area (Å²) >= 11 is 14.4. The van der Waals surface area contributed by atoms with Crippen molar-refractivity contribution in [3.63, 3.8) is 0 Å². The van der Waals surface area contributed by atoms with Gasteiger partial charge in [-0.1, -0.05) is 46.3 Å². The van der Waals surface area contributed by atoms with Crippen LogP contribution >= 0.6 is 46.3 Å². The normalized spacial score (nSPS) is 11.0. The molecule has 0 aliphatic heterocycles. The van der Waals surface area contributed by atoms with Crippen LogP contribution in [-0.4, -0.2) is 47.2 Å². The minimum atomic E-state index is -0.179. The minimum Gasteiger partial charge on any atom is -0.369 e. The van der Waals surface area contributed by atoms with Crippen LogP contribution in [0.5, 0.6) is 0 Å². The number of nitrogens with zero attached hydrogens (tertiary/aromatic N) is 4. The molecule has 2 rings (SSSR count). The van der Waals surface area contributed by atoms with Crippen LogP contribution < -0.4 is 5.32 Å². The molecule has 1 aromatic heterocycles. The highest BCUT2D eigenvalue weighted by Crippen LogP contribution is 2.27. The second kappa shape index (κ2) is 8.49. The molecule has 0 aliphatic carbocycles. The van der Waals surface area contributed by atoms with E-state index in [1.165, 1.54) is 23.1 Å². The molecule has 0 saturated carbocycles. The van der Waals surface area contributed by atoms with Crippen LogP contribution in [0, 0.1) is 0 Å². The molecule has 0 bridgehead atoms. The van der Waals surface area contributed by atoms with Gasteiger partial charge in [-0.25, -0.2) is 4.99 Å². The van der Waals surface area contributed by atoms with E-state index in [0.29, 0.717) is 25.2 Å². The van der Waals surface area contributed by atoms with E-state index in [-0.39, 0.29) is 11.7 Å². The van der Waals surface area contributed by atoms with Crippen molar-refractivity contribution in [2.45, 2.75) is 4.34 Å². The first-order valence-corrected chi connectivity index (χ1v) is 8.91. The second-order valence-electron chi connectivity index (χ2n) is 4.55. The number of halogens is 2. The minimum absolute atomic E-state index is 0.179. The van der Waals surface area contributed by atoms with E-state index < -0.39 is 0 Å². The fourth-order valence-electron chi connectivity index (χ4n) is 1.43. The lowest BCUT2D eigenvalue weighted by Gasteiger charge is -2.05. The number of hydrogen-bond acceptors (Lipinski definition) is 6. The maximum absolute atomic E-state index is 11.9. The number of benzene rings is 1. The molecule has 0 atom stereocenters. The van der Waals surface area contributed by atoms with Crippen molar-refractivity contribution in [3.05, 3.63) is 28.2 Å². The lowest BCUT2D eigenvalue weighted by atomic mass is 10.3. The van der Waals surface area contributed by atoms with Crippen molar-refractivity contribution in [1.82, 2.24) is 15.1 Å². The zero-order chi connectivity index (χ0) is 16.8. The summed E-state index contributed by atoms with van der Waals surface area (Å²) in [7, 11) is 3.74. The monoisotopic (exact) mass is 389 g/mol. The highest BCUT2D eigenvalue weighted by Gasteiger charge is 2.09. The maximum atomic E-state index is 11.9. The fourth-order valence-corrected chi connectivity index (χ4v) is 3.43. The fraction of sp³-hybridized carbons (Fsp3) is 0.231. The van der Waals surface area contributed by atoms with E-state index >= 15 is 0 Å². The van der Waals surface area contributed by atoms with Gasteiger partial charge < -0.3 is 10.2 Å². The summed E-state index contributed by atoms with van der Waals surface area (Å²) in [4.78, 5) is 17.9. The summed E-state index contributed by atoms with van der Waals surface area (Å²) in [6.07, 6.45) is 1.64. The molecule has 1 heterocycles. The van der Waals surface area contributed by atoms with Gasteiger partial charge in [0.1, 0.15) is 0 Å². The van der Waals surface area contributed by atoms with E-state index in [0.717, 1.165) is 0 Å². The number of thioether (sulfide) groups is 1. The topological polar surface area (TPSA) is 70.5 Å². The number of carbonyl (C=O) groups excluding carboxylic acids is 1. The second-order valence-corrected chi connectivity index (χ2v) is 7.61. The Balaban J connectivity index is 1.87. The molecule has 0 saturated heterocycles. The molecule has 6 nitrogen and oxygen atoms in total. The number of nitrogens with one attached hydrogen (secondary N) is 1. The van der Waals surface area contributed by atoms with Crippen LogP contribution in [0.2, 0.25) is 10.0 Å². The predicted octanol–water partition coefficient (Wildman–Crippen LogP) is 3.80. The van der Waals surface area contributed by atoms with Crippen molar-refractivity contribution in [2.24, 2.45) is 4.99 Å². The van der Waals surface area contributed by atoms with E-state index in [4.69, 9.17) is 23.2 Å². The van der Waals surface area contributed by atoms with E-state index in [2.05, 4.69) is 20.5 Å². The molecule has 1 N–H and O–H groups in total. The summed E-state index contributed by atoms with van der Waals surface area (Å²) in [5, 5.41) is 12.1. The zero-order valence-electron chi connectivity index (χ0n) is 12.3. The molecule has 0 radical (unpaired) electrons. The Morgan fingerprint density at radius 2 is 2.04 bits per heavy atom. The smallest absolute Gasteiger partial charge is 0.234 e. The predicted molar refractivity (Wildman–Crippen MR) is 97.6 cm³/mol. The summed E-state index contributed by atoms with van der Waals surface area (Å²) < 4.78 is 0.676. The van der Waals surface area contributed by atoms with Gasteiger partial charge in [0.05, 0.1) is 12.1 Å². The number of carbonyl (C=O) groups is 1. The molecule has 1 amide bonds. The van der Waals surface area contributed by atoms with Crippen LogP contribution in [0.25, 0.3) is 0 Å². The first-order chi connectivity index (χ1) is 10.9. The third kappa shape index (κ3) is 6.34. The molecule has 2 aromatic rings. The maximum Gasteiger partial charge on any atom is 0.234 e. The number of aliphatic imine (C=N–C) groups is 1. The molecule has 10 heteroatoms. The van der Waals surface area contributed by atoms with Gasteiger partial charge in [0.25, 0.3) is 0 Å². The molecule has 0 aliphatic rings. The van der Waals surface area contributed by atoms with Gasteiger partial charge in [-0.05, 0) is 18.2 Å². The van der Waals surface area contributed by atoms with Gasteiger partial charge >= 0.3 is 0 Å². The quantitative estimate of drug-likeness (QED) is 0.462. The summed E-state index contributed by atoms with van der Waals surface area (Å²) in [6.45, 7) is 0. The van der Waals surface area contributed by atoms with E-state index in [1.807, 2.05) is 14.1 Å². The van der Waals surface area contributed by atoms with Crippen molar-refractivity contribution in [2.75, 3.05) is 25.2 Å². The molecule has 122 valence electrons. The lowest BCUT2D eigenvalue weighted by molar-refractivity contribution is -0.113. The van der Waals surface area contributed by atoms with E-state index in [1.54, 1.807) is 29.4 Å². The number of amides is 1. The van der Waals surface area contributed by atoms with Crippen molar-refractivity contribution in [3.8, 4) is 0 Å². The zero-order valence-corrected chi connectivity index (χ0v) is 15.4. The third-order valence-corrected chi connectivity index (χ3v) is 4.67. The van der Waals surface area contributed by atoms with Crippen LogP contribution in [0.3, 0.4) is 0 Å². The average molecular weight is 390 g/mol. The third-order valence-electron chi connectivity index (χ3n) is 2.27. The highest BCUT2D eigenvalue weighted by atomic mass is 35.5. The molecular weight excluding hydrogens is 377 g/mol. The van der Waals surface area contributed by atoms with Crippen molar-refractivity contribution in [1.29, 1.82) is 0 Å². The van der Waals surface area contributed by atoms with Crippen molar-refractivity contribution >= 4 is 69.4 Å². The number of anilines is 1. The van der Waals surface area contributed by atoms with Gasteiger partial charge in [0.2, 0.25) is 11.0 Å². The van der Waals surface area contributed by atoms with Crippen LogP contribution in [0.15, 0.2) is 27.5 Å². The Bertz CT molecular complexity index is 700. The molecule has 1 aromatic carbocycles. The average Bonchev–Trinajstić information content (AvgIpc) is 2.90. The Labute approximate surface area is 151 Å². The molecule has 0 spiro atoms. The lowest BCUT2D eigenvalue weighted by Crippen LogP contribution is -2.13. The van der Waals surface area contributed by atoms with Crippen LogP contribution in [0.1, 0.15) is 0 Å². The van der Waals surface area contributed by atoms with Gasteiger partial charge in [0, 0.05) is 29.8 Å². The van der Waals surface area contributed by atoms with Gasteiger partial charge in [-0.15, -0.1) is 10.2 Å². The Hall–Kier alpha value is -1.35. The number of hydrogen-bond donors (Lipinski definition) is 1.